The van der Waals surface area contributed by atoms with E-state index in [1.807, 2.05) is 0 Å². The number of hydrogen-bond acceptors (Lipinski definition) is 0. The maximum Gasteiger partial charge on any atom is 0.141 e. The zero-order chi connectivity index (χ0) is 4.28. The summed E-state index contributed by atoms with van der Waals surface area (Å²) in [7, 11) is 5.42. The van der Waals surface area contributed by atoms with Crippen molar-refractivity contribution in [3.8, 4) is 0 Å². The van der Waals surface area contributed by atoms with Gasteiger partial charge < -0.3 is 0 Å². The summed E-state index contributed by atoms with van der Waals surface area (Å²) in [6.07, 6.45) is 0. The molecule has 0 unspecified atom stereocenters. The van der Waals surface area contributed by atoms with Crippen LogP contribution < -0.4 is 0 Å². The van der Waals surface area contributed by atoms with Crippen molar-refractivity contribution >= 4 is 48.2 Å². The van der Waals surface area contributed by atoms with Crippen LogP contribution in [0.5, 0.6) is 0 Å². The van der Waals surface area contributed by atoms with Crippen LogP contribution in [-0.2, 0) is 0 Å². The van der Waals surface area contributed by atoms with Gasteiger partial charge in [-0.2, -0.15) is 0 Å². The smallest absolute Gasteiger partial charge is 0.0785 e. The summed E-state index contributed by atoms with van der Waals surface area (Å²) in [5.74, 6) is 0. The van der Waals surface area contributed by atoms with Crippen molar-refractivity contribution in [3.63, 3.8) is 0 Å². The van der Waals surface area contributed by atoms with Crippen molar-refractivity contribution in [2.75, 3.05) is 0 Å². The molecule has 4 heteroatoms. The predicted molar refractivity (Wildman–Crippen MR) is 31.6 cm³/mol. The van der Waals surface area contributed by atoms with Crippen LogP contribution in [0.4, 0.5) is 0 Å². The third-order valence-electron chi connectivity index (χ3n) is 0.0639. The van der Waals surface area contributed by atoms with Gasteiger partial charge in [-0.1, -0.05) is 44.4 Å². The molecular weight excluding hydrogens is 150 g/mol. The van der Waals surface area contributed by atoms with E-state index in [4.69, 9.17) is 33.9 Å². The largest absolute Gasteiger partial charge is 0.141 e. The first kappa shape index (κ1) is 6.09. The number of thiol groups is 1. The van der Waals surface area contributed by atoms with E-state index in [1.54, 1.807) is 0 Å². The second-order valence-corrected chi connectivity index (χ2v) is 2.92. The van der Waals surface area contributed by atoms with E-state index >= 15 is 0 Å². The topological polar surface area (TPSA) is 0 Å². The molecule has 0 atom stereocenters. The van der Waals surface area contributed by atoms with Gasteiger partial charge in [-0.15, -0.1) is 0 Å². The monoisotopic (exact) mass is 150 g/mol. The Bertz CT molecular complexity index is 44.9. The van der Waals surface area contributed by atoms with Crippen LogP contribution in [-0.4, -0.2) is 3.78 Å². The maximum absolute atomic E-state index is 5.01. The Labute approximate surface area is 48.5 Å². The molecule has 0 amide bonds. The Morgan fingerprint density at radius 1 is 1.40 bits per heavy atom. The normalized spacial score (nSPS) is 7.80. The molecule has 0 aliphatic rings. The van der Waals surface area contributed by atoms with E-state index in [0.29, 0.717) is 10.6 Å². The molecule has 0 N–H and O–H groups in total. The summed E-state index contributed by atoms with van der Waals surface area (Å²) in [4.78, 5) is 0. The molecule has 0 rings (SSSR count). The molecule has 0 aliphatic heterocycles. The van der Waals surface area contributed by atoms with Crippen molar-refractivity contribution in [1.29, 1.82) is 0 Å². The van der Waals surface area contributed by atoms with Gasteiger partial charge in [-0.05, 0) is 0 Å². The first-order valence-corrected chi connectivity index (χ1v) is 3.33. The molecule has 0 aromatic rings. The first-order valence-electron chi connectivity index (χ1n) is 0.771. The molecule has 0 saturated heterocycles. The summed E-state index contributed by atoms with van der Waals surface area (Å²) >= 11 is 10.00. The van der Waals surface area contributed by atoms with E-state index in [2.05, 4.69) is 0 Å². The van der Waals surface area contributed by atoms with Crippen LogP contribution in [0.1, 0.15) is 0 Å². The molecule has 5 heavy (non-hydrogen) atoms. The molecule has 0 heterocycles. The van der Waals surface area contributed by atoms with E-state index < -0.39 is 0 Å². The molecule has 0 aliphatic carbocycles. The standard InChI is InChI=1S/CHCl3S/c2-1(3)5-4/h5H. The van der Waals surface area contributed by atoms with Crippen molar-refractivity contribution in [1.82, 2.24) is 0 Å². The molecular formula is CHCl3S. The van der Waals surface area contributed by atoms with Crippen LogP contribution in [0, 0.1) is 0 Å². The molecule has 0 fully saturated rings. The quantitative estimate of drug-likeness (QED) is 0.306. The van der Waals surface area contributed by atoms with Gasteiger partial charge in [0.2, 0.25) is 0 Å². The molecule has 0 bridgehead atoms. The van der Waals surface area contributed by atoms with Crippen molar-refractivity contribution in [2.24, 2.45) is 0 Å². The average Bonchev–Trinajstić information content (AvgIpc) is 1.38. The van der Waals surface area contributed by atoms with Gasteiger partial charge in [0, 0.05) is 0 Å². The SMILES string of the molecule is Cl[SH]=C(Cl)Cl. The highest BCUT2D eigenvalue weighted by molar-refractivity contribution is 8.22. The van der Waals surface area contributed by atoms with Crippen LogP contribution >= 0.6 is 44.4 Å². The molecule has 0 spiro atoms. The molecule has 0 aromatic carbocycles. The summed E-state index contributed by atoms with van der Waals surface area (Å²) in [5, 5.41) is 0. The lowest BCUT2D eigenvalue weighted by Crippen LogP contribution is -1.49. The lowest BCUT2D eigenvalue weighted by atomic mass is 11.9. The Hall–Kier alpha value is 1.09. The summed E-state index contributed by atoms with van der Waals surface area (Å²) in [5.41, 5.74) is 0. The summed E-state index contributed by atoms with van der Waals surface area (Å²) in [6, 6.07) is 0. The Morgan fingerprint density at radius 2 is 1.60 bits per heavy atom. The van der Waals surface area contributed by atoms with Gasteiger partial charge in [0.05, 0.1) is 0 Å². The summed E-state index contributed by atoms with van der Waals surface area (Å²) < 4.78 is 0.187. The van der Waals surface area contributed by atoms with Crippen molar-refractivity contribution in [2.45, 2.75) is 0 Å². The van der Waals surface area contributed by atoms with Gasteiger partial charge in [0.15, 0.2) is 0 Å². The summed E-state index contributed by atoms with van der Waals surface area (Å²) in [6.45, 7) is 0. The molecule has 0 saturated carbocycles. The van der Waals surface area contributed by atoms with Gasteiger partial charge in [-0.25, -0.2) is 0 Å². The van der Waals surface area contributed by atoms with Gasteiger partial charge in [0.25, 0.3) is 0 Å². The van der Waals surface area contributed by atoms with Gasteiger partial charge in [-0.3, -0.25) is 0 Å². The minimum atomic E-state index is 0.187. The van der Waals surface area contributed by atoms with E-state index in [1.165, 1.54) is 0 Å². The first-order chi connectivity index (χ1) is 2.27. The van der Waals surface area contributed by atoms with Gasteiger partial charge in [0.1, 0.15) is 3.78 Å². The lowest BCUT2D eigenvalue weighted by molar-refractivity contribution is 3.85. The van der Waals surface area contributed by atoms with Crippen LogP contribution in [0.3, 0.4) is 0 Å². The highest BCUT2D eigenvalue weighted by Gasteiger charge is 1.70. The zero-order valence-electron chi connectivity index (χ0n) is 2.08. The fourth-order valence-electron chi connectivity index (χ4n) is 0. The van der Waals surface area contributed by atoms with E-state index in [-0.39, 0.29) is 3.78 Å². The number of rotatable bonds is 0. The predicted octanol–water partition coefficient (Wildman–Crippen LogP) is 2.17. The van der Waals surface area contributed by atoms with E-state index in [9.17, 15) is 0 Å². The second-order valence-electron chi connectivity index (χ2n) is 0.325. The van der Waals surface area contributed by atoms with Crippen molar-refractivity contribution < 1.29 is 0 Å². The third-order valence-corrected chi connectivity index (χ3v) is 1.72. The van der Waals surface area contributed by atoms with Crippen LogP contribution in [0.25, 0.3) is 0 Å². The average molecular weight is 151 g/mol. The van der Waals surface area contributed by atoms with Crippen LogP contribution in [0.2, 0.25) is 0 Å². The minimum Gasteiger partial charge on any atom is -0.0785 e. The number of halogens is 3. The van der Waals surface area contributed by atoms with E-state index in [0.717, 1.165) is 0 Å². The Kier molecular flexibility index (Phi) is 4.00. The highest BCUT2D eigenvalue weighted by Crippen LogP contribution is 2.02. The van der Waals surface area contributed by atoms with Crippen molar-refractivity contribution in [3.05, 3.63) is 0 Å². The Morgan fingerprint density at radius 3 is 1.60 bits per heavy atom. The zero-order valence-corrected chi connectivity index (χ0v) is 5.24. The maximum atomic E-state index is 5.01. The highest BCUT2D eigenvalue weighted by atomic mass is 35.7. The fraction of sp³-hybridized carbons (Fsp3) is 0. The molecule has 0 nitrogen and oxygen atoms in total. The van der Waals surface area contributed by atoms with Crippen LogP contribution in [0.15, 0.2) is 0 Å². The second kappa shape index (κ2) is 3.29. The Balaban J connectivity index is 3.14. The molecule has 0 radical (unpaired) electrons. The molecule has 32 valence electrons. The fourth-order valence-corrected chi connectivity index (χ4v) is 0. The minimum absolute atomic E-state index is 0.187. The molecule has 0 aromatic heterocycles. The number of hydrogen-bond donors (Lipinski definition) is 1. The van der Waals surface area contributed by atoms with Gasteiger partial charge >= 0.3 is 0 Å². The third kappa shape index (κ3) is 5.09. The lowest BCUT2D eigenvalue weighted by Gasteiger charge is -1.65.